The number of carbonyl (C=O) groups excluding carboxylic acids is 1. The van der Waals surface area contributed by atoms with E-state index in [9.17, 15) is 22.0 Å². The first kappa shape index (κ1) is 27.7. The van der Waals surface area contributed by atoms with Crippen molar-refractivity contribution in [3.63, 3.8) is 0 Å². The summed E-state index contributed by atoms with van der Waals surface area (Å²) in [4.78, 5) is 17.3. The van der Waals surface area contributed by atoms with Crippen molar-refractivity contribution >= 4 is 21.6 Å². The summed E-state index contributed by atoms with van der Waals surface area (Å²) in [5, 5.41) is 0. The van der Waals surface area contributed by atoms with Crippen LogP contribution < -0.4 is 4.90 Å². The van der Waals surface area contributed by atoms with Crippen molar-refractivity contribution in [3.05, 3.63) is 65.2 Å². The summed E-state index contributed by atoms with van der Waals surface area (Å²) >= 11 is 0. The monoisotopic (exact) mass is 533 g/mol. The number of benzene rings is 2. The highest BCUT2D eigenvalue weighted by Crippen LogP contribution is 2.39. The summed E-state index contributed by atoms with van der Waals surface area (Å²) in [7, 11) is -1.53. The SMILES string of the molecule is CCS(=O)(=O)N(C)CCC1CCN(CC(=O)N2CCCC(c3ccc(F)cc3)c3ccc(F)cc32)CC1. The van der Waals surface area contributed by atoms with E-state index in [4.69, 9.17) is 0 Å². The van der Waals surface area contributed by atoms with Gasteiger partial charge in [0.25, 0.3) is 0 Å². The zero-order valence-corrected chi connectivity index (χ0v) is 22.5. The van der Waals surface area contributed by atoms with Crippen molar-refractivity contribution in [2.75, 3.05) is 50.4 Å². The van der Waals surface area contributed by atoms with Gasteiger partial charge in [-0.2, -0.15) is 0 Å². The largest absolute Gasteiger partial charge is 0.311 e. The summed E-state index contributed by atoms with van der Waals surface area (Å²) in [6.45, 7) is 4.52. The number of nitrogens with zero attached hydrogens (tertiary/aromatic N) is 3. The van der Waals surface area contributed by atoms with Crippen LogP contribution in [0.25, 0.3) is 0 Å². The van der Waals surface area contributed by atoms with Crippen LogP contribution in [0.1, 0.15) is 56.1 Å². The lowest BCUT2D eigenvalue weighted by atomic mass is 9.87. The molecule has 0 bridgehead atoms. The van der Waals surface area contributed by atoms with Gasteiger partial charge in [-0.25, -0.2) is 21.5 Å². The fourth-order valence-corrected chi connectivity index (χ4v) is 6.33. The number of anilines is 1. The predicted octanol–water partition coefficient (Wildman–Crippen LogP) is 4.61. The Morgan fingerprint density at radius 1 is 1.00 bits per heavy atom. The van der Waals surface area contributed by atoms with Gasteiger partial charge in [0.1, 0.15) is 11.6 Å². The van der Waals surface area contributed by atoms with Crippen molar-refractivity contribution in [2.45, 2.75) is 44.9 Å². The van der Waals surface area contributed by atoms with E-state index in [1.807, 2.05) is 0 Å². The van der Waals surface area contributed by atoms with Crippen LogP contribution in [0.15, 0.2) is 42.5 Å². The maximum absolute atomic E-state index is 14.3. The van der Waals surface area contributed by atoms with Crippen LogP contribution in [-0.4, -0.2) is 69.1 Å². The molecule has 202 valence electrons. The molecule has 6 nitrogen and oxygen atoms in total. The van der Waals surface area contributed by atoms with Gasteiger partial charge in [-0.05, 0) is 93.4 Å². The molecule has 1 atom stereocenters. The number of hydrogen-bond acceptors (Lipinski definition) is 4. The standard InChI is InChI=1S/C28H37F2N3O3S/c1-3-37(35,36)31(2)16-12-21-13-17-32(18-14-21)20-28(34)33-15-4-5-25(22-6-8-23(29)9-7-22)26-11-10-24(30)19-27(26)33/h6-11,19,21,25H,3-5,12-18,20H2,1-2H3. The molecule has 1 fully saturated rings. The van der Waals surface area contributed by atoms with Gasteiger partial charge in [-0.15, -0.1) is 0 Å². The molecule has 2 aliphatic heterocycles. The van der Waals surface area contributed by atoms with E-state index in [0.717, 1.165) is 56.3 Å². The number of piperidine rings is 1. The Bertz CT molecular complexity index is 1180. The summed E-state index contributed by atoms with van der Waals surface area (Å²) in [5.74, 6) is -0.205. The highest BCUT2D eigenvalue weighted by atomic mass is 32.2. The molecule has 9 heteroatoms. The first-order valence-corrected chi connectivity index (χ1v) is 14.8. The van der Waals surface area contributed by atoms with Crippen molar-refractivity contribution in [1.29, 1.82) is 0 Å². The summed E-state index contributed by atoms with van der Waals surface area (Å²) in [6.07, 6.45) is 4.22. The van der Waals surface area contributed by atoms with Crippen LogP contribution in [0.5, 0.6) is 0 Å². The van der Waals surface area contributed by atoms with Crippen molar-refractivity contribution in [1.82, 2.24) is 9.21 Å². The highest BCUT2D eigenvalue weighted by molar-refractivity contribution is 7.89. The van der Waals surface area contributed by atoms with Gasteiger partial charge in [0.15, 0.2) is 0 Å². The number of sulfonamides is 1. The number of amides is 1. The lowest BCUT2D eigenvalue weighted by molar-refractivity contribution is -0.120. The molecule has 0 radical (unpaired) electrons. The van der Waals surface area contributed by atoms with Gasteiger partial charge in [-0.1, -0.05) is 18.2 Å². The number of rotatable bonds is 8. The summed E-state index contributed by atoms with van der Waals surface area (Å²) < 4.78 is 53.2. The van der Waals surface area contributed by atoms with Crippen LogP contribution in [0, 0.1) is 17.6 Å². The van der Waals surface area contributed by atoms with E-state index in [2.05, 4.69) is 4.90 Å². The van der Waals surface area contributed by atoms with E-state index < -0.39 is 10.0 Å². The Morgan fingerprint density at radius 2 is 1.68 bits per heavy atom. The second-order valence-electron chi connectivity index (χ2n) is 10.2. The number of halogens is 2. The van der Waals surface area contributed by atoms with E-state index in [1.54, 1.807) is 37.1 Å². The molecule has 0 saturated carbocycles. The van der Waals surface area contributed by atoms with Crippen LogP contribution in [0.4, 0.5) is 14.5 Å². The van der Waals surface area contributed by atoms with E-state index >= 15 is 0 Å². The zero-order chi connectivity index (χ0) is 26.6. The lowest BCUT2D eigenvalue weighted by Crippen LogP contribution is -2.44. The minimum Gasteiger partial charge on any atom is -0.311 e. The summed E-state index contributed by atoms with van der Waals surface area (Å²) in [6, 6.07) is 11.0. The molecule has 1 unspecified atom stereocenters. The normalized spacial score (nSPS) is 19.6. The predicted molar refractivity (Wildman–Crippen MR) is 142 cm³/mol. The Kier molecular flexibility index (Phi) is 8.98. The zero-order valence-electron chi connectivity index (χ0n) is 21.7. The van der Waals surface area contributed by atoms with Crippen molar-refractivity contribution < 1.29 is 22.0 Å². The third-order valence-electron chi connectivity index (χ3n) is 7.86. The Morgan fingerprint density at radius 3 is 2.35 bits per heavy atom. The van der Waals surface area contributed by atoms with Crippen molar-refractivity contribution in [3.8, 4) is 0 Å². The van der Waals surface area contributed by atoms with Crippen LogP contribution in [0.2, 0.25) is 0 Å². The number of carbonyl (C=O) groups is 1. The Balaban J connectivity index is 1.39. The van der Waals surface area contributed by atoms with Crippen LogP contribution in [-0.2, 0) is 14.8 Å². The Labute approximate surface area is 219 Å². The fraction of sp³-hybridized carbons (Fsp3) is 0.536. The summed E-state index contributed by atoms with van der Waals surface area (Å²) in [5.41, 5.74) is 2.46. The quantitative estimate of drug-likeness (QED) is 0.497. The number of fused-ring (bicyclic) bond motifs is 1. The highest BCUT2D eigenvalue weighted by Gasteiger charge is 2.30. The Hall–Kier alpha value is -2.36. The van der Waals surface area contributed by atoms with E-state index in [1.165, 1.54) is 28.6 Å². The van der Waals surface area contributed by atoms with Crippen LogP contribution >= 0.6 is 0 Å². The van der Waals surface area contributed by atoms with Gasteiger partial charge in [0.2, 0.25) is 15.9 Å². The van der Waals surface area contributed by atoms with Gasteiger partial charge in [0, 0.05) is 26.1 Å². The second kappa shape index (κ2) is 12.0. The first-order valence-electron chi connectivity index (χ1n) is 13.2. The third-order valence-corrected chi connectivity index (χ3v) is 9.73. The molecule has 2 aliphatic rings. The minimum absolute atomic E-state index is 0.0283. The molecule has 2 aromatic rings. The number of likely N-dealkylation sites (tertiary alicyclic amines) is 1. The topological polar surface area (TPSA) is 60.9 Å². The molecule has 0 N–H and O–H groups in total. The van der Waals surface area contributed by atoms with E-state index in [0.29, 0.717) is 24.7 Å². The van der Waals surface area contributed by atoms with Gasteiger partial charge in [-0.3, -0.25) is 9.69 Å². The van der Waals surface area contributed by atoms with Crippen molar-refractivity contribution in [2.24, 2.45) is 5.92 Å². The maximum Gasteiger partial charge on any atom is 0.241 e. The molecule has 2 aromatic carbocycles. The molecule has 2 heterocycles. The molecule has 37 heavy (non-hydrogen) atoms. The molecule has 1 amide bonds. The lowest BCUT2D eigenvalue weighted by Gasteiger charge is -2.34. The molecule has 1 saturated heterocycles. The van der Waals surface area contributed by atoms with Gasteiger partial charge in [0.05, 0.1) is 18.0 Å². The number of hydrogen-bond donors (Lipinski definition) is 0. The molecule has 0 aliphatic carbocycles. The second-order valence-corrected chi connectivity index (χ2v) is 12.6. The van der Waals surface area contributed by atoms with E-state index in [-0.39, 0.29) is 35.8 Å². The molecule has 4 rings (SSSR count). The third kappa shape index (κ3) is 6.75. The fourth-order valence-electron chi connectivity index (χ4n) is 5.51. The minimum atomic E-state index is -3.16. The van der Waals surface area contributed by atoms with Gasteiger partial charge < -0.3 is 4.90 Å². The molecule has 0 aromatic heterocycles. The first-order chi connectivity index (χ1) is 17.7. The smallest absolute Gasteiger partial charge is 0.241 e. The molecular formula is C28H37F2N3O3S. The van der Waals surface area contributed by atoms with Gasteiger partial charge >= 0.3 is 0 Å². The average molecular weight is 534 g/mol. The van der Waals surface area contributed by atoms with Crippen LogP contribution in [0.3, 0.4) is 0 Å². The average Bonchev–Trinajstić information content (AvgIpc) is 3.08. The molecular weight excluding hydrogens is 496 g/mol. The molecule has 0 spiro atoms. The maximum atomic E-state index is 14.3.